The normalized spacial score (nSPS) is 22.8. The van der Waals surface area contributed by atoms with Gasteiger partial charge >= 0.3 is 5.97 Å². The number of carbonyl (C=O) groups excluding carboxylic acids is 2. The maximum absolute atomic E-state index is 12.1. The molecule has 0 heterocycles. The third kappa shape index (κ3) is 2.50. The lowest BCUT2D eigenvalue weighted by atomic mass is 9.90. The second-order valence-electron chi connectivity index (χ2n) is 4.78. The van der Waals surface area contributed by atoms with E-state index in [0.717, 1.165) is 11.1 Å². The highest BCUT2D eigenvalue weighted by atomic mass is 16.6. The van der Waals surface area contributed by atoms with E-state index in [1.165, 1.54) is 6.92 Å². The van der Waals surface area contributed by atoms with E-state index in [-0.39, 0.29) is 5.78 Å². The summed E-state index contributed by atoms with van der Waals surface area (Å²) in [5.41, 5.74) is 0.921. The summed E-state index contributed by atoms with van der Waals surface area (Å²) in [7, 11) is 0. The van der Waals surface area contributed by atoms with Crippen LogP contribution in [0.4, 0.5) is 0 Å². The molecule has 1 unspecified atom stereocenters. The van der Waals surface area contributed by atoms with Crippen molar-refractivity contribution in [3.8, 4) is 0 Å². The largest absolute Gasteiger partial charge is 0.450 e. The molecule has 94 valence electrons. The Labute approximate surface area is 106 Å². The van der Waals surface area contributed by atoms with Crippen molar-refractivity contribution in [1.29, 1.82) is 0 Å². The summed E-state index contributed by atoms with van der Waals surface area (Å²) in [6, 6.07) is 9.62. The van der Waals surface area contributed by atoms with Crippen LogP contribution in [0.3, 0.4) is 0 Å². The van der Waals surface area contributed by atoms with Crippen molar-refractivity contribution in [2.45, 2.75) is 32.3 Å². The Bertz CT molecular complexity index is 502. The van der Waals surface area contributed by atoms with Gasteiger partial charge in [-0.05, 0) is 18.6 Å². The fourth-order valence-corrected chi connectivity index (χ4v) is 2.42. The number of rotatable bonds is 3. The Hall–Kier alpha value is -1.90. The van der Waals surface area contributed by atoms with Crippen LogP contribution >= 0.6 is 0 Å². The molecule has 0 aromatic heterocycles. The molecular formula is C15H16O3. The maximum atomic E-state index is 12.1. The first-order valence-electron chi connectivity index (χ1n) is 5.97. The molecule has 1 aliphatic carbocycles. The van der Waals surface area contributed by atoms with Gasteiger partial charge in [0.15, 0.2) is 11.4 Å². The van der Waals surface area contributed by atoms with E-state index in [1.807, 2.05) is 37.3 Å². The van der Waals surface area contributed by atoms with Gasteiger partial charge in [0.25, 0.3) is 0 Å². The standard InChI is InChI=1S/C15H16O3/c1-11-8-14(17)15(9-11,18-12(2)16)10-13-6-4-3-5-7-13/h3-8H,9-10H2,1-2H3. The molecule has 0 aliphatic heterocycles. The Balaban J connectivity index is 2.27. The predicted octanol–water partition coefficient (Wildman–Crippen LogP) is 2.45. The highest BCUT2D eigenvalue weighted by molar-refractivity contribution is 6.01. The first-order valence-corrected chi connectivity index (χ1v) is 5.97. The number of ketones is 1. The summed E-state index contributed by atoms with van der Waals surface area (Å²) in [4.78, 5) is 23.3. The lowest BCUT2D eigenvalue weighted by Crippen LogP contribution is -2.41. The number of hydrogen-bond donors (Lipinski definition) is 0. The summed E-state index contributed by atoms with van der Waals surface area (Å²) in [6.07, 6.45) is 2.49. The van der Waals surface area contributed by atoms with Crippen LogP contribution in [0.25, 0.3) is 0 Å². The summed E-state index contributed by atoms with van der Waals surface area (Å²) in [6.45, 7) is 3.22. The lowest BCUT2D eigenvalue weighted by Gasteiger charge is -2.27. The first-order chi connectivity index (χ1) is 8.52. The number of benzene rings is 1. The molecule has 1 atom stereocenters. The van der Waals surface area contributed by atoms with Crippen molar-refractivity contribution in [2.24, 2.45) is 0 Å². The molecular weight excluding hydrogens is 228 g/mol. The molecule has 0 amide bonds. The zero-order chi connectivity index (χ0) is 13.2. The number of ether oxygens (including phenoxy) is 1. The Kier molecular flexibility index (Phi) is 3.32. The van der Waals surface area contributed by atoms with Crippen LogP contribution in [0.2, 0.25) is 0 Å². The summed E-state index contributed by atoms with van der Waals surface area (Å²) >= 11 is 0. The minimum atomic E-state index is -1.03. The van der Waals surface area contributed by atoms with E-state index in [0.29, 0.717) is 12.8 Å². The predicted molar refractivity (Wildman–Crippen MR) is 68.0 cm³/mol. The van der Waals surface area contributed by atoms with Gasteiger partial charge in [-0.2, -0.15) is 0 Å². The third-order valence-electron chi connectivity index (χ3n) is 3.06. The Morgan fingerprint density at radius 3 is 2.50 bits per heavy atom. The van der Waals surface area contributed by atoms with Gasteiger partial charge < -0.3 is 4.74 Å². The van der Waals surface area contributed by atoms with Crippen molar-refractivity contribution in [1.82, 2.24) is 0 Å². The minimum absolute atomic E-state index is 0.112. The van der Waals surface area contributed by atoms with E-state index >= 15 is 0 Å². The SMILES string of the molecule is CC(=O)OC1(Cc2ccccc2)CC(C)=CC1=O. The van der Waals surface area contributed by atoms with Crippen molar-refractivity contribution in [3.05, 3.63) is 47.5 Å². The van der Waals surface area contributed by atoms with Crippen LogP contribution in [0.1, 0.15) is 25.8 Å². The van der Waals surface area contributed by atoms with Gasteiger partial charge in [0.05, 0.1) is 0 Å². The van der Waals surface area contributed by atoms with E-state index in [1.54, 1.807) is 6.08 Å². The van der Waals surface area contributed by atoms with Gasteiger partial charge in [-0.1, -0.05) is 35.9 Å². The third-order valence-corrected chi connectivity index (χ3v) is 3.06. The molecule has 0 saturated carbocycles. The zero-order valence-electron chi connectivity index (χ0n) is 10.6. The summed E-state index contributed by atoms with van der Waals surface area (Å²) in [5, 5.41) is 0. The average molecular weight is 244 g/mol. The fraction of sp³-hybridized carbons (Fsp3) is 0.333. The topological polar surface area (TPSA) is 43.4 Å². The quantitative estimate of drug-likeness (QED) is 0.767. The van der Waals surface area contributed by atoms with Gasteiger partial charge in [0.2, 0.25) is 0 Å². The highest BCUT2D eigenvalue weighted by Crippen LogP contribution is 2.33. The molecule has 18 heavy (non-hydrogen) atoms. The van der Waals surface area contributed by atoms with E-state index in [2.05, 4.69) is 0 Å². The lowest BCUT2D eigenvalue weighted by molar-refractivity contribution is -0.162. The van der Waals surface area contributed by atoms with E-state index in [9.17, 15) is 9.59 Å². The number of carbonyl (C=O) groups is 2. The number of esters is 1. The van der Waals surface area contributed by atoms with Crippen molar-refractivity contribution in [3.63, 3.8) is 0 Å². The maximum Gasteiger partial charge on any atom is 0.303 e. The van der Waals surface area contributed by atoms with Crippen LogP contribution in [0.15, 0.2) is 42.0 Å². The van der Waals surface area contributed by atoms with Crippen molar-refractivity contribution < 1.29 is 14.3 Å². The number of hydrogen-bond acceptors (Lipinski definition) is 3. The Morgan fingerprint density at radius 2 is 2.00 bits per heavy atom. The van der Waals surface area contributed by atoms with Crippen molar-refractivity contribution >= 4 is 11.8 Å². The summed E-state index contributed by atoms with van der Waals surface area (Å²) in [5.74, 6) is -0.526. The van der Waals surface area contributed by atoms with Gasteiger partial charge in [-0.25, -0.2) is 0 Å². The Morgan fingerprint density at radius 1 is 1.33 bits per heavy atom. The minimum Gasteiger partial charge on any atom is -0.450 e. The molecule has 0 fully saturated rings. The zero-order valence-corrected chi connectivity index (χ0v) is 10.6. The van der Waals surface area contributed by atoms with Crippen LogP contribution in [-0.4, -0.2) is 17.4 Å². The molecule has 3 heteroatoms. The first kappa shape index (κ1) is 12.6. The van der Waals surface area contributed by atoms with Crippen molar-refractivity contribution in [2.75, 3.05) is 0 Å². The van der Waals surface area contributed by atoms with Crippen LogP contribution in [0.5, 0.6) is 0 Å². The monoisotopic (exact) mass is 244 g/mol. The fourth-order valence-electron chi connectivity index (χ4n) is 2.42. The molecule has 1 aromatic rings. The van der Waals surface area contributed by atoms with Gasteiger partial charge in [0.1, 0.15) is 0 Å². The van der Waals surface area contributed by atoms with Crippen LogP contribution in [0, 0.1) is 0 Å². The highest BCUT2D eigenvalue weighted by Gasteiger charge is 2.44. The van der Waals surface area contributed by atoms with Crippen LogP contribution < -0.4 is 0 Å². The molecule has 0 spiro atoms. The van der Waals surface area contributed by atoms with E-state index in [4.69, 9.17) is 4.74 Å². The molecule has 0 bridgehead atoms. The van der Waals surface area contributed by atoms with E-state index < -0.39 is 11.6 Å². The molecule has 2 rings (SSSR count). The smallest absolute Gasteiger partial charge is 0.303 e. The molecule has 0 saturated heterocycles. The molecule has 1 aliphatic rings. The second kappa shape index (κ2) is 4.77. The molecule has 0 radical (unpaired) electrons. The average Bonchev–Trinajstić information content (AvgIpc) is 2.53. The van der Waals surface area contributed by atoms with Crippen LogP contribution in [-0.2, 0) is 20.7 Å². The molecule has 3 nitrogen and oxygen atoms in total. The van der Waals surface area contributed by atoms with Gasteiger partial charge in [0, 0.05) is 19.8 Å². The second-order valence-corrected chi connectivity index (χ2v) is 4.78. The van der Waals surface area contributed by atoms with Gasteiger partial charge in [-0.3, -0.25) is 9.59 Å². The van der Waals surface area contributed by atoms with Gasteiger partial charge in [-0.15, -0.1) is 0 Å². The molecule has 0 N–H and O–H groups in total. The molecule has 1 aromatic carbocycles. The summed E-state index contributed by atoms with van der Waals surface area (Å²) < 4.78 is 5.34.